The molecule has 1 atom stereocenters. The smallest absolute Gasteiger partial charge is 0.231 e. The first-order chi connectivity index (χ1) is 9.55. The summed E-state index contributed by atoms with van der Waals surface area (Å²) in [6, 6.07) is 4.15. The highest BCUT2D eigenvalue weighted by Crippen LogP contribution is 2.30. The van der Waals surface area contributed by atoms with Gasteiger partial charge in [-0.25, -0.2) is 0 Å². The summed E-state index contributed by atoms with van der Waals surface area (Å²) < 4.78 is 0. The van der Waals surface area contributed by atoms with Crippen LogP contribution < -0.4 is 11.1 Å². The maximum atomic E-state index is 12.6. The van der Waals surface area contributed by atoms with E-state index in [1.54, 1.807) is 11.3 Å². The van der Waals surface area contributed by atoms with Gasteiger partial charge in [-0.3, -0.25) is 4.79 Å². The lowest BCUT2D eigenvalue weighted by atomic mass is 9.82. The number of hydrogen-bond donors (Lipinski definition) is 2. The lowest BCUT2D eigenvalue weighted by Crippen LogP contribution is -2.51. The van der Waals surface area contributed by atoms with Crippen LogP contribution in [-0.4, -0.2) is 18.5 Å². The molecule has 0 aromatic carbocycles. The van der Waals surface area contributed by atoms with Crippen LogP contribution in [0.15, 0.2) is 17.5 Å². The molecule has 3 nitrogen and oxygen atoms in total. The van der Waals surface area contributed by atoms with Crippen molar-refractivity contribution in [2.45, 2.75) is 57.4 Å². The number of carbonyl (C=O) groups excluding carboxylic acids is 1. The van der Waals surface area contributed by atoms with E-state index in [-0.39, 0.29) is 11.9 Å². The van der Waals surface area contributed by atoms with Gasteiger partial charge in [-0.1, -0.05) is 25.3 Å². The minimum Gasteiger partial charge on any atom is -0.351 e. The lowest BCUT2D eigenvalue weighted by molar-refractivity contribution is -0.126. The number of thiophene rings is 1. The van der Waals surface area contributed by atoms with E-state index in [1.807, 2.05) is 31.4 Å². The monoisotopic (exact) mass is 294 g/mol. The topological polar surface area (TPSA) is 55.1 Å². The van der Waals surface area contributed by atoms with E-state index >= 15 is 0 Å². The standard InChI is InChI=1S/C16H26N2OS/c1-16(2,14-9-6-10-20-14)15(19)18-13(11-17)12-7-4-3-5-8-12/h6,9-10,12-13H,3-5,7-8,11,17H2,1-2H3,(H,18,19). The molecule has 1 fully saturated rings. The van der Waals surface area contributed by atoms with Crippen LogP contribution in [0.4, 0.5) is 0 Å². The predicted molar refractivity (Wildman–Crippen MR) is 84.9 cm³/mol. The Morgan fingerprint density at radius 2 is 2.15 bits per heavy atom. The van der Waals surface area contributed by atoms with E-state index in [1.165, 1.54) is 32.1 Å². The van der Waals surface area contributed by atoms with E-state index in [0.717, 1.165) is 4.88 Å². The summed E-state index contributed by atoms with van der Waals surface area (Å²) in [5.41, 5.74) is 5.43. The molecule has 20 heavy (non-hydrogen) atoms. The Balaban J connectivity index is 2.01. The van der Waals surface area contributed by atoms with E-state index in [0.29, 0.717) is 12.5 Å². The maximum absolute atomic E-state index is 12.6. The average Bonchev–Trinajstić information content (AvgIpc) is 3.00. The van der Waals surface area contributed by atoms with Crippen molar-refractivity contribution in [3.63, 3.8) is 0 Å². The molecule has 1 aliphatic rings. The first-order valence-electron chi connectivity index (χ1n) is 7.60. The number of carbonyl (C=O) groups is 1. The highest BCUT2D eigenvalue weighted by molar-refractivity contribution is 7.10. The molecule has 3 N–H and O–H groups in total. The molecule has 1 saturated carbocycles. The molecule has 0 bridgehead atoms. The zero-order valence-corrected chi connectivity index (χ0v) is 13.3. The van der Waals surface area contributed by atoms with Crippen molar-refractivity contribution >= 4 is 17.2 Å². The summed E-state index contributed by atoms with van der Waals surface area (Å²) in [4.78, 5) is 13.7. The second kappa shape index (κ2) is 6.72. The number of nitrogens with one attached hydrogen (secondary N) is 1. The van der Waals surface area contributed by atoms with E-state index in [9.17, 15) is 4.79 Å². The van der Waals surface area contributed by atoms with Crippen LogP contribution in [0.5, 0.6) is 0 Å². The van der Waals surface area contributed by atoms with Gasteiger partial charge in [0.1, 0.15) is 0 Å². The quantitative estimate of drug-likeness (QED) is 0.877. The SMILES string of the molecule is CC(C)(C(=O)NC(CN)C1CCCCC1)c1cccs1. The molecule has 1 unspecified atom stereocenters. The lowest BCUT2D eigenvalue weighted by Gasteiger charge is -2.33. The Morgan fingerprint density at radius 1 is 1.45 bits per heavy atom. The second-order valence-electron chi connectivity index (χ2n) is 6.32. The fraction of sp³-hybridized carbons (Fsp3) is 0.688. The molecule has 1 aromatic heterocycles. The van der Waals surface area contributed by atoms with Crippen molar-refractivity contribution in [2.75, 3.05) is 6.54 Å². The van der Waals surface area contributed by atoms with Crippen LogP contribution in [0.2, 0.25) is 0 Å². The molecule has 2 rings (SSSR count). The van der Waals surface area contributed by atoms with Gasteiger partial charge in [0.05, 0.1) is 5.41 Å². The van der Waals surface area contributed by atoms with Gasteiger partial charge in [-0.15, -0.1) is 11.3 Å². The van der Waals surface area contributed by atoms with Crippen molar-refractivity contribution in [3.05, 3.63) is 22.4 Å². The normalized spacial score (nSPS) is 18.8. The molecule has 0 aliphatic heterocycles. The van der Waals surface area contributed by atoms with Gasteiger partial charge < -0.3 is 11.1 Å². The molecule has 0 radical (unpaired) electrons. The summed E-state index contributed by atoms with van der Waals surface area (Å²) in [6.45, 7) is 4.52. The first-order valence-corrected chi connectivity index (χ1v) is 8.48. The van der Waals surface area contributed by atoms with Crippen molar-refractivity contribution in [1.29, 1.82) is 0 Å². The van der Waals surface area contributed by atoms with Crippen LogP contribution >= 0.6 is 11.3 Å². The van der Waals surface area contributed by atoms with Gasteiger partial charge in [-0.05, 0) is 44.1 Å². The number of hydrogen-bond acceptors (Lipinski definition) is 3. The third kappa shape index (κ3) is 3.41. The molecule has 112 valence electrons. The Hall–Kier alpha value is -0.870. The number of amides is 1. The van der Waals surface area contributed by atoms with Crippen LogP contribution in [0.1, 0.15) is 50.8 Å². The predicted octanol–water partition coefficient (Wildman–Crippen LogP) is 3.05. The summed E-state index contributed by atoms with van der Waals surface area (Å²) in [7, 11) is 0. The van der Waals surface area contributed by atoms with Crippen molar-refractivity contribution in [2.24, 2.45) is 11.7 Å². The van der Waals surface area contributed by atoms with Crippen molar-refractivity contribution < 1.29 is 4.79 Å². The van der Waals surface area contributed by atoms with Gasteiger partial charge in [0.25, 0.3) is 0 Å². The maximum Gasteiger partial charge on any atom is 0.231 e. The molecule has 0 spiro atoms. The molecule has 1 aliphatic carbocycles. The summed E-state index contributed by atoms with van der Waals surface area (Å²) in [5.74, 6) is 0.651. The largest absolute Gasteiger partial charge is 0.351 e. The molecule has 4 heteroatoms. The fourth-order valence-electron chi connectivity index (χ4n) is 3.00. The van der Waals surface area contributed by atoms with Gasteiger partial charge in [0.15, 0.2) is 0 Å². The Bertz CT molecular complexity index is 422. The highest BCUT2D eigenvalue weighted by Gasteiger charge is 2.33. The summed E-state index contributed by atoms with van der Waals surface area (Å²) in [5, 5.41) is 5.23. The van der Waals surface area contributed by atoms with Crippen LogP contribution in [0.25, 0.3) is 0 Å². The fourth-order valence-corrected chi connectivity index (χ4v) is 3.85. The third-order valence-electron chi connectivity index (χ3n) is 4.49. The Kier molecular flexibility index (Phi) is 5.22. The van der Waals surface area contributed by atoms with E-state index in [2.05, 4.69) is 5.32 Å². The summed E-state index contributed by atoms with van der Waals surface area (Å²) in [6.07, 6.45) is 6.25. The molecule has 1 amide bonds. The average molecular weight is 294 g/mol. The molecule has 0 saturated heterocycles. The minimum atomic E-state index is -0.476. The zero-order chi connectivity index (χ0) is 14.6. The number of rotatable bonds is 5. The van der Waals surface area contributed by atoms with E-state index in [4.69, 9.17) is 5.73 Å². The van der Waals surface area contributed by atoms with Gasteiger partial charge in [0, 0.05) is 17.5 Å². The highest BCUT2D eigenvalue weighted by atomic mass is 32.1. The first kappa shape index (κ1) is 15.5. The molecular formula is C16H26N2OS. The van der Waals surface area contributed by atoms with Crippen LogP contribution in [0, 0.1) is 5.92 Å². The second-order valence-corrected chi connectivity index (χ2v) is 7.26. The van der Waals surface area contributed by atoms with Crippen LogP contribution in [0.3, 0.4) is 0 Å². The Labute approximate surface area is 125 Å². The number of nitrogens with two attached hydrogens (primary N) is 1. The molecule has 1 aromatic rings. The zero-order valence-electron chi connectivity index (χ0n) is 12.5. The minimum absolute atomic E-state index is 0.0981. The molecular weight excluding hydrogens is 268 g/mol. The van der Waals surface area contributed by atoms with Gasteiger partial charge in [0.2, 0.25) is 5.91 Å². The van der Waals surface area contributed by atoms with E-state index < -0.39 is 5.41 Å². The third-order valence-corrected chi connectivity index (χ3v) is 5.69. The molecule has 1 heterocycles. The van der Waals surface area contributed by atoms with Crippen molar-refractivity contribution in [3.8, 4) is 0 Å². The van der Waals surface area contributed by atoms with Gasteiger partial charge in [-0.2, -0.15) is 0 Å². The van der Waals surface area contributed by atoms with Crippen molar-refractivity contribution in [1.82, 2.24) is 5.32 Å². The Morgan fingerprint density at radius 3 is 2.70 bits per heavy atom. The van der Waals surface area contributed by atoms with Gasteiger partial charge >= 0.3 is 0 Å². The van der Waals surface area contributed by atoms with Crippen LogP contribution in [-0.2, 0) is 10.2 Å². The summed E-state index contributed by atoms with van der Waals surface area (Å²) >= 11 is 1.64.